The molecule has 1 aromatic carbocycles. The summed E-state index contributed by atoms with van der Waals surface area (Å²) in [5.41, 5.74) is 3.35. The van der Waals surface area contributed by atoms with Crippen LogP contribution in [0.15, 0.2) is 35.5 Å². The van der Waals surface area contributed by atoms with Gasteiger partial charge in [0.25, 0.3) is 10.0 Å². The molecule has 5 nitrogen and oxygen atoms in total. The van der Waals surface area contributed by atoms with E-state index in [1.165, 1.54) is 12.3 Å². The third-order valence-corrected chi connectivity index (χ3v) is 4.79. The fraction of sp³-hybridized carbons (Fsp3) is 0.267. The molecule has 0 aliphatic carbocycles. The Balaban J connectivity index is 2.47. The second kappa shape index (κ2) is 5.83. The average molecular weight is 306 g/mol. The topological polar surface area (TPSA) is 79.3 Å². The summed E-state index contributed by atoms with van der Waals surface area (Å²) in [6.07, 6.45) is 3.11. The molecule has 6 heteroatoms. The molecular formula is C15H18N2O3S. The normalized spacial score (nSPS) is 11.4. The van der Waals surface area contributed by atoms with Gasteiger partial charge in [0.2, 0.25) is 0 Å². The SMILES string of the molecule is Cc1cncc(NS(=O)(=O)c2cc(CO)cc(C)c2C)c1. The number of rotatable bonds is 4. The van der Waals surface area contributed by atoms with Crippen LogP contribution >= 0.6 is 0 Å². The van der Waals surface area contributed by atoms with Crippen molar-refractivity contribution < 1.29 is 13.5 Å². The minimum Gasteiger partial charge on any atom is -0.392 e. The molecule has 0 radical (unpaired) electrons. The Bertz CT molecular complexity index is 770. The maximum absolute atomic E-state index is 12.5. The van der Waals surface area contributed by atoms with Gasteiger partial charge in [-0.25, -0.2) is 8.42 Å². The third kappa shape index (κ3) is 3.40. The highest BCUT2D eigenvalue weighted by atomic mass is 32.2. The smallest absolute Gasteiger partial charge is 0.262 e. The van der Waals surface area contributed by atoms with E-state index in [1.807, 2.05) is 13.8 Å². The zero-order chi connectivity index (χ0) is 15.6. The molecule has 0 aliphatic rings. The highest BCUT2D eigenvalue weighted by molar-refractivity contribution is 7.92. The molecule has 0 unspecified atom stereocenters. The summed E-state index contributed by atoms with van der Waals surface area (Å²) in [5, 5.41) is 9.24. The van der Waals surface area contributed by atoms with Crippen molar-refractivity contribution in [3.8, 4) is 0 Å². The van der Waals surface area contributed by atoms with E-state index >= 15 is 0 Å². The second-order valence-electron chi connectivity index (χ2n) is 5.05. The lowest BCUT2D eigenvalue weighted by molar-refractivity contribution is 0.281. The number of anilines is 1. The number of hydrogen-bond acceptors (Lipinski definition) is 4. The van der Waals surface area contributed by atoms with Crippen molar-refractivity contribution in [2.24, 2.45) is 0 Å². The Morgan fingerprint density at radius 2 is 1.86 bits per heavy atom. The van der Waals surface area contributed by atoms with Gasteiger partial charge in [0.05, 0.1) is 23.4 Å². The molecule has 0 saturated carbocycles. The van der Waals surface area contributed by atoms with Crippen LogP contribution in [0.1, 0.15) is 22.3 Å². The fourth-order valence-corrected chi connectivity index (χ4v) is 3.49. The first-order chi connectivity index (χ1) is 9.83. The maximum Gasteiger partial charge on any atom is 0.262 e. The standard InChI is InChI=1S/C15H18N2O3S/c1-10-4-14(8-16-7-10)17-21(19,20)15-6-13(9-18)5-11(2)12(15)3/h4-8,17-18H,9H2,1-3H3. The molecule has 2 aromatic rings. The van der Waals surface area contributed by atoms with Gasteiger partial charge < -0.3 is 5.11 Å². The van der Waals surface area contributed by atoms with E-state index in [2.05, 4.69) is 9.71 Å². The summed E-state index contributed by atoms with van der Waals surface area (Å²) < 4.78 is 27.6. The fourth-order valence-electron chi connectivity index (χ4n) is 2.09. The Labute approximate surface area is 124 Å². The van der Waals surface area contributed by atoms with Gasteiger partial charge in [-0.2, -0.15) is 0 Å². The summed E-state index contributed by atoms with van der Waals surface area (Å²) in [6.45, 7) is 5.21. The lowest BCUT2D eigenvalue weighted by Gasteiger charge is -2.13. The van der Waals surface area contributed by atoms with E-state index in [4.69, 9.17) is 0 Å². The van der Waals surface area contributed by atoms with Crippen LogP contribution in [0.2, 0.25) is 0 Å². The van der Waals surface area contributed by atoms with Crippen molar-refractivity contribution in [2.45, 2.75) is 32.3 Å². The van der Waals surface area contributed by atoms with Crippen molar-refractivity contribution >= 4 is 15.7 Å². The molecule has 112 valence electrons. The predicted molar refractivity (Wildman–Crippen MR) is 81.6 cm³/mol. The number of nitrogens with zero attached hydrogens (tertiary/aromatic N) is 1. The molecule has 0 aliphatic heterocycles. The lowest BCUT2D eigenvalue weighted by Crippen LogP contribution is -2.15. The number of pyridine rings is 1. The molecule has 1 heterocycles. The predicted octanol–water partition coefficient (Wildman–Crippen LogP) is 2.30. The molecular weight excluding hydrogens is 288 g/mol. The van der Waals surface area contributed by atoms with Gasteiger partial charge in [-0.15, -0.1) is 0 Å². The van der Waals surface area contributed by atoms with Gasteiger partial charge in [-0.1, -0.05) is 6.07 Å². The summed E-state index contributed by atoms with van der Waals surface area (Å²) in [4.78, 5) is 4.14. The van der Waals surface area contributed by atoms with Gasteiger partial charge in [-0.05, 0) is 55.2 Å². The summed E-state index contributed by atoms with van der Waals surface area (Å²) in [6, 6.07) is 4.99. The number of nitrogens with one attached hydrogen (secondary N) is 1. The van der Waals surface area contributed by atoms with Crippen molar-refractivity contribution in [3.05, 3.63) is 52.8 Å². The van der Waals surface area contributed by atoms with Crippen molar-refractivity contribution in [1.82, 2.24) is 4.98 Å². The molecule has 0 fully saturated rings. The summed E-state index contributed by atoms with van der Waals surface area (Å²) >= 11 is 0. The molecule has 0 bridgehead atoms. The van der Waals surface area contributed by atoms with Crippen LogP contribution in [0.3, 0.4) is 0 Å². The number of aryl methyl sites for hydroxylation is 2. The molecule has 2 rings (SSSR count). The number of benzene rings is 1. The second-order valence-corrected chi connectivity index (χ2v) is 6.70. The largest absolute Gasteiger partial charge is 0.392 e. The van der Waals surface area contributed by atoms with Crippen molar-refractivity contribution in [1.29, 1.82) is 0 Å². The Morgan fingerprint density at radius 3 is 2.48 bits per heavy atom. The van der Waals surface area contributed by atoms with E-state index in [1.54, 1.807) is 25.3 Å². The number of aromatic nitrogens is 1. The monoisotopic (exact) mass is 306 g/mol. The van der Waals surface area contributed by atoms with Crippen LogP contribution in [0.5, 0.6) is 0 Å². The third-order valence-electron chi connectivity index (χ3n) is 3.28. The zero-order valence-corrected chi connectivity index (χ0v) is 13.0. The summed E-state index contributed by atoms with van der Waals surface area (Å²) in [7, 11) is -3.72. The molecule has 21 heavy (non-hydrogen) atoms. The Kier molecular flexibility index (Phi) is 4.29. The minimum atomic E-state index is -3.72. The van der Waals surface area contributed by atoms with Crippen LogP contribution in [-0.2, 0) is 16.6 Å². The first-order valence-corrected chi connectivity index (χ1v) is 7.97. The highest BCUT2D eigenvalue weighted by Crippen LogP contribution is 2.23. The van der Waals surface area contributed by atoms with E-state index in [0.29, 0.717) is 16.8 Å². The van der Waals surface area contributed by atoms with Crippen molar-refractivity contribution in [2.75, 3.05) is 4.72 Å². The Morgan fingerprint density at radius 1 is 1.14 bits per heavy atom. The molecule has 0 saturated heterocycles. The number of sulfonamides is 1. The van der Waals surface area contributed by atoms with E-state index < -0.39 is 10.0 Å². The van der Waals surface area contributed by atoms with E-state index in [-0.39, 0.29) is 11.5 Å². The average Bonchev–Trinajstić information content (AvgIpc) is 2.41. The van der Waals surface area contributed by atoms with Gasteiger partial charge in [0.1, 0.15) is 0 Å². The van der Waals surface area contributed by atoms with Gasteiger partial charge in [-0.3, -0.25) is 9.71 Å². The number of aliphatic hydroxyl groups excluding tert-OH is 1. The van der Waals surface area contributed by atoms with Crippen LogP contribution in [0, 0.1) is 20.8 Å². The van der Waals surface area contributed by atoms with E-state index in [0.717, 1.165) is 11.1 Å². The Hall–Kier alpha value is -1.92. The summed E-state index contributed by atoms with van der Waals surface area (Å²) in [5.74, 6) is 0. The van der Waals surface area contributed by atoms with Crippen LogP contribution < -0.4 is 4.72 Å². The lowest BCUT2D eigenvalue weighted by atomic mass is 10.1. The highest BCUT2D eigenvalue weighted by Gasteiger charge is 2.19. The van der Waals surface area contributed by atoms with Crippen LogP contribution in [-0.4, -0.2) is 18.5 Å². The maximum atomic E-state index is 12.5. The quantitative estimate of drug-likeness (QED) is 0.908. The molecule has 0 spiro atoms. The van der Waals surface area contributed by atoms with Gasteiger partial charge in [0.15, 0.2) is 0 Å². The molecule has 0 atom stereocenters. The molecule has 0 amide bonds. The first kappa shape index (κ1) is 15.5. The van der Waals surface area contributed by atoms with Crippen molar-refractivity contribution in [3.63, 3.8) is 0 Å². The van der Waals surface area contributed by atoms with Crippen LogP contribution in [0.25, 0.3) is 0 Å². The van der Waals surface area contributed by atoms with Crippen LogP contribution in [0.4, 0.5) is 5.69 Å². The van der Waals surface area contributed by atoms with E-state index in [9.17, 15) is 13.5 Å². The zero-order valence-electron chi connectivity index (χ0n) is 12.2. The van der Waals surface area contributed by atoms with Gasteiger partial charge >= 0.3 is 0 Å². The number of aliphatic hydroxyl groups is 1. The minimum absolute atomic E-state index is 0.174. The van der Waals surface area contributed by atoms with Gasteiger partial charge in [0, 0.05) is 6.20 Å². The molecule has 1 aromatic heterocycles. The first-order valence-electron chi connectivity index (χ1n) is 6.49. The number of hydrogen-bond donors (Lipinski definition) is 2. The molecule has 2 N–H and O–H groups in total.